The Morgan fingerprint density at radius 3 is 2.62 bits per heavy atom. The van der Waals surface area contributed by atoms with Crippen molar-refractivity contribution in [3.63, 3.8) is 0 Å². The number of aromatic nitrogens is 3. The highest BCUT2D eigenvalue weighted by atomic mass is 35.5. The molecule has 0 amide bonds. The topological polar surface area (TPSA) is 30.7 Å². The second kappa shape index (κ2) is 4.62. The van der Waals surface area contributed by atoms with Gasteiger partial charge in [0.1, 0.15) is 0 Å². The average Bonchev–Trinajstić information content (AvgIpc) is 2.71. The number of hydrogen-bond donors (Lipinski definition) is 0. The van der Waals surface area contributed by atoms with Gasteiger partial charge in [-0.3, -0.25) is 0 Å². The van der Waals surface area contributed by atoms with E-state index in [1.807, 2.05) is 6.92 Å². The zero-order valence-corrected chi connectivity index (χ0v) is 10.7. The second-order valence-corrected chi connectivity index (χ2v) is 4.42. The van der Waals surface area contributed by atoms with Crippen molar-refractivity contribution in [3.8, 4) is 5.69 Å². The molecule has 1 aromatic carbocycles. The van der Waals surface area contributed by atoms with E-state index < -0.39 is 0 Å². The van der Waals surface area contributed by atoms with E-state index in [9.17, 15) is 0 Å². The third kappa shape index (κ3) is 2.17. The maximum absolute atomic E-state index is 6.11. The molecule has 2 aromatic rings. The third-order valence-electron chi connectivity index (χ3n) is 2.15. The molecule has 2 rings (SSSR count). The number of aryl methyl sites for hydroxylation is 1. The molecule has 0 aliphatic heterocycles. The summed E-state index contributed by atoms with van der Waals surface area (Å²) >= 11 is 17.8. The summed E-state index contributed by atoms with van der Waals surface area (Å²) in [6.07, 6.45) is 1.72. The lowest BCUT2D eigenvalue weighted by Crippen LogP contribution is -1.96. The van der Waals surface area contributed by atoms with Crippen molar-refractivity contribution in [2.24, 2.45) is 0 Å². The van der Waals surface area contributed by atoms with Gasteiger partial charge in [-0.2, -0.15) is 0 Å². The molecule has 84 valence electrons. The number of benzene rings is 1. The minimum Gasteiger partial charge on any atom is -0.219 e. The summed E-state index contributed by atoms with van der Waals surface area (Å²) in [7, 11) is 0. The van der Waals surface area contributed by atoms with Gasteiger partial charge in [-0.25, -0.2) is 4.68 Å². The molecule has 0 saturated carbocycles. The molecule has 1 heterocycles. The van der Waals surface area contributed by atoms with Crippen LogP contribution in [0.5, 0.6) is 0 Å². The van der Waals surface area contributed by atoms with Gasteiger partial charge in [-0.1, -0.05) is 28.4 Å². The quantitative estimate of drug-likeness (QED) is 0.784. The number of halogens is 3. The van der Waals surface area contributed by atoms with E-state index in [2.05, 4.69) is 10.3 Å². The highest BCUT2D eigenvalue weighted by Crippen LogP contribution is 2.27. The van der Waals surface area contributed by atoms with Gasteiger partial charge in [0.25, 0.3) is 0 Å². The first-order valence-electron chi connectivity index (χ1n) is 4.55. The average molecular weight is 277 g/mol. The number of nitrogens with zero attached hydrogens (tertiary/aromatic N) is 3. The Labute approximate surface area is 108 Å². The van der Waals surface area contributed by atoms with Gasteiger partial charge in [0, 0.05) is 5.02 Å². The minimum absolute atomic E-state index is 0.317. The van der Waals surface area contributed by atoms with Crippen LogP contribution in [0.1, 0.15) is 11.3 Å². The smallest absolute Gasteiger partial charge is 0.0979 e. The molecule has 6 heteroatoms. The Hall–Kier alpha value is -0.770. The summed E-state index contributed by atoms with van der Waals surface area (Å²) in [6, 6.07) is 3.55. The van der Waals surface area contributed by atoms with Gasteiger partial charge in [0.15, 0.2) is 0 Å². The van der Waals surface area contributed by atoms with Crippen molar-refractivity contribution in [1.29, 1.82) is 0 Å². The fraction of sp³-hybridized carbons (Fsp3) is 0.200. The highest BCUT2D eigenvalue weighted by Gasteiger charge is 2.08. The first-order valence-corrected chi connectivity index (χ1v) is 5.84. The third-order valence-corrected chi connectivity index (χ3v) is 3.14. The van der Waals surface area contributed by atoms with Crippen molar-refractivity contribution in [3.05, 3.63) is 39.6 Å². The van der Waals surface area contributed by atoms with Crippen molar-refractivity contribution < 1.29 is 0 Å². The van der Waals surface area contributed by atoms with Crippen LogP contribution in [0, 0.1) is 6.92 Å². The fourth-order valence-electron chi connectivity index (χ4n) is 1.29. The molecule has 0 atom stereocenters. The van der Waals surface area contributed by atoms with Crippen LogP contribution in [0.2, 0.25) is 10.0 Å². The molecule has 0 bridgehead atoms. The van der Waals surface area contributed by atoms with Crippen LogP contribution in [-0.4, -0.2) is 15.0 Å². The van der Waals surface area contributed by atoms with Crippen molar-refractivity contribution in [2.75, 3.05) is 0 Å². The van der Waals surface area contributed by atoms with Crippen LogP contribution in [-0.2, 0) is 5.88 Å². The molecule has 0 radical (unpaired) electrons. The van der Waals surface area contributed by atoms with Gasteiger partial charge in [0.05, 0.1) is 28.5 Å². The zero-order valence-electron chi connectivity index (χ0n) is 8.41. The van der Waals surface area contributed by atoms with E-state index in [0.29, 0.717) is 27.3 Å². The largest absolute Gasteiger partial charge is 0.219 e. The molecule has 0 aliphatic rings. The van der Waals surface area contributed by atoms with Crippen molar-refractivity contribution in [2.45, 2.75) is 12.8 Å². The Kier molecular flexibility index (Phi) is 3.38. The summed E-state index contributed by atoms with van der Waals surface area (Å²) in [5, 5.41) is 9.03. The Balaban J connectivity index is 2.51. The minimum atomic E-state index is 0.317. The standard InChI is InChI=1S/C10H8Cl3N3/c1-6-2-9(13)10(3-8(6)12)16-5-7(4-11)14-15-16/h2-3,5H,4H2,1H3. The fourth-order valence-corrected chi connectivity index (χ4v) is 1.87. The number of hydrogen-bond acceptors (Lipinski definition) is 2. The molecule has 0 saturated heterocycles. The van der Waals surface area contributed by atoms with Gasteiger partial charge >= 0.3 is 0 Å². The highest BCUT2D eigenvalue weighted by molar-refractivity contribution is 6.35. The molecule has 0 aliphatic carbocycles. The van der Waals surface area contributed by atoms with E-state index in [0.717, 1.165) is 5.56 Å². The van der Waals surface area contributed by atoms with Crippen LogP contribution in [0.25, 0.3) is 5.69 Å². The van der Waals surface area contributed by atoms with Crippen LogP contribution in [0.3, 0.4) is 0 Å². The molecule has 16 heavy (non-hydrogen) atoms. The van der Waals surface area contributed by atoms with Gasteiger partial charge in [-0.15, -0.1) is 16.7 Å². The maximum Gasteiger partial charge on any atom is 0.0979 e. The van der Waals surface area contributed by atoms with Gasteiger partial charge < -0.3 is 0 Å². The first-order chi connectivity index (χ1) is 7.61. The van der Waals surface area contributed by atoms with Crippen molar-refractivity contribution >= 4 is 34.8 Å². The van der Waals surface area contributed by atoms with E-state index >= 15 is 0 Å². The first kappa shape index (κ1) is 11.7. The molecule has 0 fully saturated rings. The lowest BCUT2D eigenvalue weighted by Gasteiger charge is -2.06. The second-order valence-electron chi connectivity index (χ2n) is 3.34. The predicted molar refractivity (Wildman–Crippen MR) is 65.7 cm³/mol. The molecule has 1 aromatic heterocycles. The monoisotopic (exact) mass is 275 g/mol. The lowest BCUT2D eigenvalue weighted by molar-refractivity contribution is 0.800. The molecule has 0 unspecified atom stereocenters. The molecule has 3 nitrogen and oxygen atoms in total. The summed E-state index contributed by atoms with van der Waals surface area (Å²) in [5.41, 5.74) is 2.31. The van der Waals surface area contributed by atoms with Gasteiger partial charge in [0.2, 0.25) is 0 Å². The van der Waals surface area contributed by atoms with Gasteiger partial charge in [-0.05, 0) is 24.6 Å². The Morgan fingerprint density at radius 1 is 1.25 bits per heavy atom. The number of rotatable bonds is 2. The van der Waals surface area contributed by atoms with E-state index in [1.54, 1.807) is 23.0 Å². The van der Waals surface area contributed by atoms with E-state index in [4.69, 9.17) is 34.8 Å². The molecular formula is C10H8Cl3N3. The van der Waals surface area contributed by atoms with Crippen LogP contribution >= 0.6 is 34.8 Å². The molecular weight excluding hydrogens is 268 g/mol. The summed E-state index contributed by atoms with van der Waals surface area (Å²) in [5.74, 6) is 0.317. The van der Waals surface area contributed by atoms with Crippen LogP contribution < -0.4 is 0 Å². The lowest BCUT2D eigenvalue weighted by atomic mass is 10.2. The van der Waals surface area contributed by atoms with E-state index in [-0.39, 0.29) is 0 Å². The van der Waals surface area contributed by atoms with Crippen LogP contribution in [0.15, 0.2) is 18.3 Å². The molecule has 0 spiro atoms. The van der Waals surface area contributed by atoms with Crippen molar-refractivity contribution in [1.82, 2.24) is 15.0 Å². The normalized spacial score (nSPS) is 10.8. The summed E-state index contributed by atoms with van der Waals surface area (Å²) in [6.45, 7) is 1.89. The Morgan fingerprint density at radius 2 is 2.00 bits per heavy atom. The predicted octanol–water partition coefficient (Wildman–Crippen LogP) is 3.62. The SMILES string of the molecule is Cc1cc(Cl)c(-n2cc(CCl)nn2)cc1Cl. The van der Waals surface area contributed by atoms with Crippen LogP contribution in [0.4, 0.5) is 0 Å². The maximum atomic E-state index is 6.11. The Bertz CT molecular complexity index is 522. The van der Waals surface area contributed by atoms with E-state index in [1.165, 1.54) is 0 Å². The molecule has 0 N–H and O–H groups in total. The summed E-state index contributed by atoms with van der Waals surface area (Å²) < 4.78 is 1.56. The summed E-state index contributed by atoms with van der Waals surface area (Å²) in [4.78, 5) is 0. The number of alkyl halides is 1. The zero-order chi connectivity index (χ0) is 11.7.